The van der Waals surface area contributed by atoms with Crippen molar-refractivity contribution >= 4 is 23.5 Å². The first-order valence-corrected chi connectivity index (χ1v) is 5.10. The third-order valence-corrected chi connectivity index (χ3v) is 2.62. The zero-order valence-electron chi connectivity index (χ0n) is 7.70. The summed E-state index contributed by atoms with van der Waals surface area (Å²) in [6.07, 6.45) is 3.15. The van der Waals surface area contributed by atoms with Gasteiger partial charge in [-0.1, -0.05) is 12.1 Å². The third-order valence-electron chi connectivity index (χ3n) is 2.40. The molecule has 13 heavy (non-hydrogen) atoms. The van der Waals surface area contributed by atoms with E-state index in [1.54, 1.807) is 0 Å². The molecular weight excluding hydrogens is 178 g/mol. The lowest BCUT2D eigenvalue weighted by atomic mass is 10.1. The van der Waals surface area contributed by atoms with Gasteiger partial charge in [0.05, 0.1) is 0 Å². The van der Waals surface area contributed by atoms with Crippen molar-refractivity contribution in [3.8, 4) is 0 Å². The summed E-state index contributed by atoms with van der Waals surface area (Å²) >= 11 is 4.26. The van der Waals surface area contributed by atoms with Crippen LogP contribution >= 0.6 is 12.6 Å². The Kier molecular flexibility index (Phi) is 2.32. The standard InChI is InChI=1S/C11H13NS/c1-12-7-5-10-9(6-8-13)3-2-4-11(10)12/h2-5,7,13H,6,8H2,1H3. The van der Waals surface area contributed by atoms with Gasteiger partial charge in [0.1, 0.15) is 0 Å². The van der Waals surface area contributed by atoms with Gasteiger partial charge < -0.3 is 4.57 Å². The minimum atomic E-state index is 0.911. The maximum absolute atomic E-state index is 4.26. The number of rotatable bonds is 2. The second kappa shape index (κ2) is 3.46. The van der Waals surface area contributed by atoms with Crippen LogP contribution in [0.25, 0.3) is 10.9 Å². The van der Waals surface area contributed by atoms with E-state index >= 15 is 0 Å². The van der Waals surface area contributed by atoms with Crippen molar-refractivity contribution in [3.05, 3.63) is 36.0 Å². The van der Waals surface area contributed by atoms with Crippen molar-refractivity contribution in [1.82, 2.24) is 4.57 Å². The first kappa shape index (κ1) is 8.70. The lowest BCUT2D eigenvalue weighted by Crippen LogP contribution is -1.88. The summed E-state index contributed by atoms with van der Waals surface area (Å²) in [5.41, 5.74) is 2.70. The zero-order chi connectivity index (χ0) is 9.26. The quantitative estimate of drug-likeness (QED) is 0.696. The molecule has 0 radical (unpaired) electrons. The highest BCUT2D eigenvalue weighted by Crippen LogP contribution is 2.19. The first-order valence-electron chi connectivity index (χ1n) is 4.46. The van der Waals surface area contributed by atoms with E-state index in [0.29, 0.717) is 0 Å². The molecular formula is C11H13NS. The Labute approximate surface area is 83.8 Å². The molecule has 0 N–H and O–H groups in total. The van der Waals surface area contributed by atoms with Gasteiger partial charge in [-0.25, -0.2) is 0 Å². The Morgan fingerprint density at radius 1 is 1.31 bits per heavy atom. The van der Waals surface area contributed by atoms with E-state index in [1.807, 2.05) is 0 Å². The number of thiol groups is 1. The molecule has 0 fully saturated rings. The summed E-state index contributed by atoms with van der Waals surface area (Å²) in [7, 11) is 2.08. The molecule has 68 valence electrons. The van der Waals surface area contributed by atoms with Gasteiger partial charge in [-0.15, -0.1) is 0 Å². The van der Waals surface area contributed by atoms with Gasteiger partial charge in [0.15, 0.2) is 0 Å². The molecule has 0 aliphatic rings. The van der Waals surface area contributed by atoms with Crippen LogP contribution in [0.3, 0.4) is 0 Å². The van der Waals surface area contributed by atoms with Crippen LogP contribution in [0.15, 0.2) is 30.5 Å². The average Bonchev–Trinajstić information content (AvgIpc) is 2.50. The lowest BCUT2D eigenvalue weighted by Gasteiger charge is -2.01. The highest BCUT2D eigenvalue weighted by atomic mass is 32.1. The molecule has 1 aromatic carbocycles. The molecule has 2 rings (SSSR count). The van der Waals surface area contributed by atoms with E-state index in [-0.39, 0.29) is 0 Å². The number of fused-ring (bicyclic) bond motifs is 1. The number of aromatic nitrogens is 1. The van der Waals surface area contributed by atoms with E-state index < -0.39 is 0 Å². The second-order valence-electron chi connectivity index (χ2n) is 3.25. The smallest absolute Gasteiger partial charge is 0.0480 e. The molecule has 1 aromatic heterocycles. The Balaban J connectivity index is 2.63. The maximum atomic E-state index is 4.26. The minimum Gasteiger partial charge on any atom is -0.351 e. The van der Waals surface area contributed by atoms with Crippen molar-refractivity contribution in [2.75, 3.05) is 5.75 Å². The van der Waals surface area contributed by atoms with E-state index in [4.69, 9.17) is 0 Å². The molecule has 0 bridgehead atoms. The largest absolute Gasteiger partial charge is 0.351 e. The van der Waals surface area contributed by atoms with Crippen LogP contribution in [0.2, 0.25) is 0 Å². The van der Waals surface area contributed by atoms with E-state index in [2.05, 4.69) is 54.7 Å². The molecule has 2 aromatic rings. The number of hydrogen-bond donors (Lipinski definition) is 1. The molecule has 0 unspecified atom stereocenters. The van der Waals surface area contributed by atoms with Crippen LogP contribution in [0.1, 0.15) is 5.56 Å². The predicted molar refractivity (Wildman–Crippen MR) is 60.5 cm³/mol. The van der Waals surface area contributed by atoms with Gasteiger partial charge in [0.2, 0.25) is 0 Å². The van der Waals surface area contributed by atoms with Gasteiger partial charge in [0.25, 0.3) is 0 Å². The Hall–Kier alpha value is -0.890. The molecule has 0 amide bonds. The second-order valence-corrected chi connectivity index (χ2v) is 3.70. The summed E-state index contributed by atoms with van der Waals surface area (Å²) in [5, 5.41) is 1.36. The monoisotopic (exact) mass is 191 g/mol. The number of benzene rings is 1. The van der Waals surface area contributed by atoms with E-state index in [0.717, 1.165) is 12.2 Å². The summed E-state index contributed by atoms with van der Waals surface area (Å²) < 4.78 is 2.15. The van der Waals surface area contributed by atoms with Crippen molar-refractivity contribution in [2.24, 2.45) is 7.05 Å². The van der Waals surface area contributed by atoms with Gasteiger partial charge in [-0.3, -0.25) is 0 Å². The van der Waals surface area contributed by atoms with Crippen LogP contribution < -0.4 is 0 Å². The van der Waals surface area contributed by atoms with Crippen LogP contribution in [-0.4, -0.2) is 10.3 Å². The fourth-order valence-electron chi connectivity index (χ4n) is 1.70. The minimum absolute atomic E-state index is 0.911. The molecule has 0 aliphatic carbocycles. The summed E-state index contributed by atoms with van der Waals surface area (Å²) in [4.78, 5) is 0. The van der Waals surface area contributed by atoms with Crippen molar-refractivity contribution < 1.29 is 0 Å². The molecule has 0 spiro atoms. The Bertz CT molecular complexity index is 417. The summed E-state index contributed by atoms with van der Waals surface area (Å²) in [5.74, 6) is 0.911. The molecule has 0 aliphatic heterocycles. The Morgan fingerprint density at radius 3 is 2.92 bits per heavy atom. The number of hydrogen-bond acceptors (Lipinski definition) is 1. The van der Waals surface area contributed by atoms with Gasteiger partial charge >= 0.3 is 0 Å². The number of aryl methyl sites for hydroxylation is 2. The fourth-order valence-corrected chi connectivity index (χ4v) is 1.95. The van der Waals surface area contributed by atoms with E-state index in [1.165, 1.54) is 16.5 Å². The summed E-state index contributed by atoms with van der Waals surface area (Å²) in [6, 6.07) is 8.62. The predicted octanol–water partition coefficient (Wildman–Crippen LogP) is 2.65. The third kappa shape index (κ3) is 1.46. The average molecular weight is 191 g/mol. The Morgan fingerprint density at radius 2 is 2.15 bits per heavy atom. The van der Waals surface area contributed by atoms with Gasteiger partial charge in [-0.05, 0) is 29.9 Å². The fraction of sp³-hybridized carbons (Fsp3) is 0.273. The zero-order valence-corrected chi connectivity index (χ0v) is 8.59. The molecule has 1 nitrogen and oxygen atoms in total. The normalized spacial score (nSPS) is 10.9. The van der Waals surface area contributed by atoms with Crippen LogP contribution in [-0.2, 0) is 13.5 Å². The molecule has 1 heterocycles. The van der Waals surface area contributed by atoms with Crippen LogP contribution in [0.4, 0.5) is 0 Å². The van der Waals surface area contributed by atoms with Crippen LogP contribution in [0, 0.1) is 0 Å². The highest BCUT2D eigenvalue weighted by Gasteiger charge is 2.01. The first-order chi connectivity index (χ1) is 6.33. The molecule has 2 heteroatoms. The van der Waals surface area contributed by atoms with Gasteiger partial charge in [0, 0.05) is 24.1 Å². The maximum Gasteiger partial charge on any atom is 0.0480 e. The van der Waals surface area contributed by atoms with E-state index in [9.17, 15) is 0 Å². The molecule has 0 saturated heterocycles. The lowest BCUT2D eigenvalue weighted by molar-refractivity contribution is 0.969. The van der Waals surface area contributed by atoms with Crippen molar-refractivity contribution in [3.63, 3.8) is 0 Å². The SMILES string of the molecule is Cn1ccc2c(CCS)cccc21. The van der Waals surface area contributed by atoms with Crippen LogP contribution in [0.5, 0.6) is 0 Å². The van der Waals surface area contributed by atoms with Crippen molar-refractivity contribution in [2.45, 2.75) is 6.42 Å². The van der Waals surface area contributed by atoms with Crippen molar-refractivity contribution in [1.29, 1.82) is 0 Å². The highest BCUT2D eigenvalue weighted by molar-refractivity contribution is 7.80. The van der Waals surface area contributed by atoms with Gasteiger partial charge in [-0.2, -0.15) is 12.6 Å². The summed E-state index contributed by atoms with van der Waals surface area (Å²) in [6.45, 7) is 0. The molecule has 0 saturated carbocycles. The molecule has 0 atom stereocenters. The number of nitrogens with zero attached hydrogens (tertiary/aromatic N) is 1. The topological polar surface area (TPSA) is 4.93 Å².